The first-order chi connectivity index (χ1) is 23.8. The van der Waals surface area contributed by atoms with Crippen molar-refractivity contribution in [1.29, 1.82) is 0 Å². The van der Waals surface area contributed by atoms with Crippen LogP contribution < -0.4 is 11.5 Å². The molecule has 6 heterocycles. The van der Waals surface area contributed by atoms with Crippen molar-refractivity contribution >= 4 is 77.7 Å². The van der Waals surface area contributed by atoms with E-state index in [2.05, 4.69) is 67.1 Å². The van der Waals surface area contributed by atoms with Gasteiger partial charge in [0.1, 0.15) is 44.7 Å². The number of rotatable bonds is 1. The zero-order chi connectivity index (χ0) is 37.1. The molecule has 6 N–H and O–H groups in total. The fourth-order valence-electron chi connectivity index (χ4n) is 7.06. The number of ether oxygens (including phenoxy) is 2. The number of nitrogens with zero attached hydrogens (tertiary/aromatic N) is 9. The number of aliphatic hydroxyl groups excluding tert-OH is 1. The van der Waals surface area contributed by atoms with Crippen LogP contribution in [0.2, 0.25) is 0 Å². The second-order valence-corrected chi connectivity index (χ2v) is 17.5. The lowest BCUT2D eigenvalue weighted by atomic mass is 9.61. The molecular weight excluding hydrogens is 792 g/mol. The van der Waals surface area contributed by atoms with Crippen molar-refractivity contribution in [3.05, 3.63) is 21.9 Å². The van der Waals surface area contributed by atoms with E-state index in [1.807, 2.05) is 46.2 Å². The molecule has 19 heteroatoms. The first kappa shape index (κ1) is 36.9. The predicted octanol–water partition coefficient (Wildman–Crippen LogP) is 4.82. The molecule has 2 aliphatic heterocycles. The number of aromatic amines is 1. The molecule has 2 saturated heterocycles. The van der Waals surface area contributed by atoms with Gasteiger partial charge in [-0.2, -0.15) is 10.2 Å². The molecular formula is C32H44Br2N12O5. The van der Waals surface area contributed by atoms with Crippen molar-refractivity contribution in [3.63, 3.8) is 0 Å². The number of carbonyl (C=O) groups excluding carboxylic acids is 2. The highest BCUT2D eigenvalue weighted by Gasteiger charge is 2.56. The average molecular weight is 837 g/mol. The molecule has 0 unspecified atom stereocenters. The maximum atomic E-state index is 12.1. The van der Waals surface area contributed by atoms with E-state index in [1.54, 1.807) is 9.80 Å². The number of halogens is 2. The van der Waals surface area contributed by atoms with Gasteiger partial charge in [0.25, 0.3) is 0 Å². The molecule has 0 radical (unpaired) electrons. The first-order valence-corrected chi connectivity index (χ1v) is 18.2. The SMILES string of the molecule is CC(C)(C)OC(=O)N1CC2(CC(O)C2)C1.CC(C)(C)OC(=O)N1CC2(CC(n3nc(Br)c4c(N)ncnc43)C2)C1.Nc1ncnc2n[nH]c(Br)c12. The van der Waals surface area contributed by atoms with Gasteiger partial charge in [-0.15, -0.1) is 0 Å². The average Bonchev–Trinajstić information content (AvgIpc) is 3.48. The Hall–Kier alpha value is -3.84. The number of fused-ring (bicyclic) bond motifs is 2. The van der Waals surface area contributed by atoms with Crippen molar-refractivity contribution in [1.82, 2.24) is 49.7 Å². The highest BCUT2D eigenvalue weighted by atomic mass is 79.9. The molecule has 276 valence electrons. The summed E-state index contributed by atoms with van der Waals surface area (Å²) in [6.07, 6.45) is 5.86. The molecule has 4 aromatic rings. The van der Waals surface area contributed by atoms with Gasteiger partial charge in [-0.05, 0) is 99.1 Å². The lowest BCUT2D eigenvalue weighted by molar-refractivity contribution is -0.124. The van der Waals surface area contributed by atoms with Gasteiger partial charge in [0.2, 0.25) is 0 Å². The quantitative estimate of drug-likeness (QED) is 0.202. The molecule has 2 amide bonds. The van der Waals surface area contributed by atoms with E-state index < -0.39 is 11.2 Å². The van der Waals surface area contributed by atoms with Gasteiger partial charge >= 0.3 is 12.2 Å². The van der Waals surface area contributed by atoms with Crippen LogP contribution in [0.1, 0.15) is 73.3 Å². The van der Waals surface area contributed by atoms with E-state index in [0.29, 0.717) is 26.5 Å². The number of nitrogens with one attached hydrogen (secondary N) is 1. The lowest BCUT2D eigenvalue weighted by Gasteiger charge is -2.58. The highest BCUT2D eigenvalue weighted by Crippen LogP contribution is 2.55. The largest absolute Gasteiger partial charge is 0.444 e. The number of H-pyrrole nitrogens is 1. The smallest absolute Gasteiger partial charge is 0.410 e. The van der Waals surface area contributed by atoms with E-state index in [9.17, 15) is 14.7 Å². The van der Waals surface area contributed by atoms with E-state index in [1.165, 1.54) is 12.7 Å². The molecule has 2 saturated carbocycles. The molecule has 2 spiro atoms. The zero-order valence-corrected chi connectivity index (χ0v) is 32.7. The molecule has 17 nitrogen and oxygen atoms in total. The maximum Gasteiger partial charge on any atom is 0.410 e. The number of nitrogens with two attached hydrogens (primary N) is 2. The van der Waals surface area contributed by atoms with Gasteiger partial charge in [-0.25, -0.2) is 34.2 Å². The summed E-state index contributed by atoms with van der Waals surface area (Å²) in [5.74, 6) is 0.854. The third-order valence-electron chi connectivity index (χ3n) is 9.24. The van der Waals surface area contributed by atoms with E-state index >= 15 is 0 Å². The van der Waals surface area contributed by atoms with Crippen molar-refractivity contribution in [2.45, 2.75) is 90.6 Å². The van der Waals surface area contributed by atoms with Crippen LogP contribution in [0.15, 0.2) is 21.9 Å². The number of aliphatic hydroxyl groups is 1. The van der Waals surface area contributed by atoms with Crippen LogP contribution in [0.3, 0.4) is 0 Å². The number of anilines is 2. The van der Waals surface area contributed by atoms with Crippen molar-refractivity contribution in [2.75, 3.05) is 37.6 Å². The Morgan fingerprint density at radius 3 is 1.80 bits per heavy atom. The number of amides is 2. The fourth-order valence-corrected chi connectivity index (χ4v) is 8.08. The minimum atomic E-state index is -0.456. The number of hydrogen-bond donors (Lipinski definition) is 4. The van der Waals surface area contributed by atoms with Crippen LogP contribution in [-0.4, -0.2) is 110 Å². The van der Waals surface area contributed by atoms with Gasteiger partial charge < -0.3 is 35.8 Å². The Kier molecular flexibility index (Phi) is 9.63. The number of hydrogen-bond acceptors (Lipinski definition) is 13. The van der Waals surface area contributed by atoms with Crippen LogP contribution in [0, 0.1) is 10.8 Å². The second-order valence-electron chi connectivity index (χ2n) is 16.0. The standard InChI is InChI=1S/C16H21BrN6O2.C11H19NO3.C5H4BrN5/c1-15(2,3)25-14(24)22-6-16(7-22)4-9(5-16)23-13-10(11(17)21-23)12(18)19-8-20-13;1-10(2,3)15-9(14)12-6-11(7-12)4-8(13)5-11;6-3-2-4(7)8-1-9-5(2)11-10-3/h8-9H,4-7H2,1-3H3,(H2,18,19,20);8,13H,4-7H2,1-3H3;1H,(H3,7,8,9,10,11). The number of likely N-dealkylation sites (tertiary alicyclic amines) is 2. The van der Waals surface area contributed by atoms with Crippen LogP contribution in [0.4, 0.5) is 21.2 Å². The molecule has 0 bridgehead atoms. The second kappa shape index (κ2) is 13.3. The number of carbonyl (C=O) groups is 2. The molecule has 8 rings (SSSR count). The predicted molar refractivity (Wildman–Crippen MR) is 195 cm³/mol. The Balaban J connectivity index is 0.000000146. The molecule has 4 aliphatic rings. The van der Waals surface area contributed by atoms with Crippen molar-refractivity contribution in [2.24, 2.45) is 10.8 Å². The van der Waals surface area contributed by atoms with Gasteiger partial charge in [0.15, 0.2) is 11.3 Å². The summed E-state index contributed by atoms with van der Waals surface area (Å²) in [6.45, 7) is 14.2. The molecule has 4 aromatic heterocycles. The van der Waals surface area contributed by atoms with Gasteiger partial charge in [0, 0.05) is 37.0 Å². The van der Waals surface area contributed by atoms with E-state index in [0.717, 1.165) is 68.3 Å². The van der Waals surface area contributed by atoms with Crippen LogP contribution in [0.5, 0.6) is 0 Å². The summed E-state index contributed by atoms with van der Waals surface area (Å²) >= 11 is 6.68. The summed E-state index contributed by atoms with van der Waals surface area (Å²) < 4.78 is 14.0. The van der Waals surface area contributed by atoms with Crippen LogP contribution >= 0.6 is 31.9 Å². The monoisotopic (exact) mass is 834 g/mol. The Labute approximate surface area is 311 Å². The molecule has 2 aliphatic carbocycles. The minimum Gasteiger partial charge on any atom is -0.444 e. The van der Waals surface area contributed by atoms with Gasteiger partial charge in [0.05, 0.1) is 22.9 Å². The van der Waals surface area contributed by atoms with Crippen LogP contribution in [-0.2, 0) is 9.47 Å². The number of aromatic nitrogens is 8. The third-order valence-corrected chi connectivity index (χ3v) is 10.4. The normalized spacial score (nSPS) is 19.2. The number of nitrogen functional groups attached to an aromatic ring is 2. The molecule has 0 aromatic carbocycles. The van der Waals surface area contributed by atoms with Gasteiger partial charge in [-0.1, -0.05) is 0 Å². The Morgan fingerprint density at radius 1 is 0.824 bits per heavy atom. The fraction of sp³-hybridized carbons (Fsp3) is 0.625. The van der Waals surface area contributed by atoms with E-state index in [-0.39, 0.29) is 35.2 Å². The summed E-state index contributed by atoms with van der Waals surface area (Å²) in [4.78, 5) is 43.2. The summed E-state index contributed by atoms with van der Waals surface area (Å²) in [6, 6.07) is 0.267. The van der Waals surface area contributed by atoms with Crippen LogP contribution in [0.25, 0.3) is 22.1 Å². The summed E-state index contributed by atoms with van der Waals surface area (Å²) in [7, 11) is 0. The third kappa shape index (κ3) is 7.84. The molecule has 51 heavy (non-hydrogen) atoms. The summed E-state index contributed by atoms with van der Waals surface area (Å²) in [5, 5.41) is 21.8. The maximum absolute atomic E-state index is 12.1. The molecule has 4 fully saturated rings. The van der Waals surface area contributed by atoms with Gasteiger partial charge in [-0.3, -0.25) is 5.10 Å². The Morgan fingerprint density at radius 2 is 1.31 bits per heavy atom. The van der Waals surface area contributed by atoms with Crippen molar-refractivity contribution in [3.8, 4) is 0 Å². The summed E-state index contributed by atoms with van der Waals surface area (Å²) in [5.41, 5.74) is 12.3. The first-order valence-electron chi connectivity index (χ1n) is 16.6. The van der Waals surface area contributed by atoms with E-state index in [4.69, 9.17) is 20.9 Å². The van der Waals surface area contributed by atoms with Crippen molar-refractivity contribution < 1.29 is 24.2 Å². The zero-order valence-electron chi connectivity index (χ0n) is 29.5. The minimum absolute atomic E-state index is 0.147. The highest BCUT2D eigenvalue weighted by molar-refractivity contribution is 9.10. The topological polar surface area (TPSA) is 229 Å². The molecule has 0 atom stereocenters. The lowest BCUT2D eigenvalue weighted by Crippen LogP contribution is -2.65. The Bertz CT molecular complexity index is 1930.